The average molecular weight is 338 g/mol. The molecule has 0 N–H and O–H groups in total. The van der Waals surface area contributed by atoms with Crippen LogP contribution in [0.3, 0.4) is 0 Å². The lowest BCUT2D eigenvalue weighted by atomic mass is 10.1. The first kappa shape index (κ1) is 16.8. The molecule has 0 saturated carbocycles. The van der Waals surface area contributed by atoms with Crippen molar-refractivity contribution < 1.29 is 18.7 Å². The van der Waals surface area contributed by atoms with E-state index in [0.717, 1.165) is 16.7 Å². The highest BCUT2D eigenvalue weighted by Gasteiger charge is 2.19. The van der Waals surface area contributed by atoms with Gasteiger partial charge in [0.1, 0.15) is 11.3 Å². The van der Waals surface area contributed by atoms with Gasteiger partial charge in [0.2, 0.25) is 0 Å². The van der Waals surface area contributed by atoms with Crippen LogP contribution in [0.5, 0.6) is 11.5 Å². The van der Waals surface area contributed by atoms with Crippen LogP contribution >= 0.6 is 0 Å². The first-order valence-electron chi connectivity index (χ1n) is 7.82. The summed E-state index contributed by atoms with van der Waals surface area (Å²) in [6.45, 7) is 5.66. The summed E-state index contributed by atoms with van der Waals surface area (Å²) in [5.74, 6) is 0.158. The zero-order chi connectivity index (χ0) is 18.1. The van der Waals surface area contributed by atoms with Crippen LogP contribution < -0.4 is 15.1 Å². The summed E-state index contributed by atoms with van der Waals surface area (Å²) in [5, 5.41) is 0.587. The van der Waals surface area contributed by atoms with Gasteiger partial charge in [0.05, 0.1) is 7.11 Å². The topological polar surface area (TPSA) is 65.7 Å². The molecule has 0 amide bonds. The molecule has 0 bridgehead atoms. The average Bonchev–Trinajstić information content (AvgIpc) is 2.60. The molecule has 5 nitrogen and oxygen atoms in total. The van der Waals surface area contributed by atoms with E-state index < -0.39 is 11.6 Å². The Bertz CT molecular complexity index is 1030. The van der Waals surface area contributed by atoms with Crippen LogP contribution in [0.4, 0.5) is 0 Å². The van der Waals surface area contributed by atoms with Crippen molar-refractivity contribution in [1.82, 2.24) is 0 Å². The van der Waals surface area contributed by atoms with Gasteiger partial charge in [-0.05, 0) is 49.6 Å². The summed E-state index contributed by atoms with van der Waals surface area (Å²) < 4.78 is 15.9. The molecule has 0 spiro atoms. The van der Waals surface area contributed by atoms with Crippen LogP contribution in [-0.4, -0.2) is 13.1 Å². The molecular weight excluding hydrogens is 320 g/mol. The predicted molar refractivity (Wildman–Crippen MR) is 94.6 cm³/mol. The van der Waals surface area contributed by atoms with Gasteiger partial charge in [-0.3, -0.25) is 0 Å². The molecule has 1 aromatic heterocycles. The molecule has 1 heterocycles. The highest BCUT2D eigenvalue weighted by Crippen LogP contribution is 2.28. The standard InChI is InChI=1S/C20H18O5/c1-11-8-9-12(2)17(13(11)3)24-19(21)15-10-14-6-5-7-16(23-4)18(14)25-20(15)22/h5-10H,1-4H3. The third-order valence-corrected chi connectivity index (χ3v) is 4.23. The maximum Gasteiger partial charge on any atom is 0.351 e. The van der Waals surface area contributed by atoms with Crippen LogP contribution in [0.1, 0.15) is 27.0 Å². The number of methoxy groups -OCH3 is 1. The number of carbonyl (C=O) groups is 1. The number of rotatable bonds is 3. The molecule has 0 unspecified atom stereocenters. The molecule has 0 radical (unpaired) electrons. The van der Waals surface area contributed by atoms with Gasteiger partial charge >= 0.3 is 11.6 Å². The number of hydrogen-bond donors (Lipinski definition) is 0. The second kappa shape index (κ2) is 6.43. The lowest BCUT2D eigenvalue weighted by molar-refractivity contribution is 0.0728. The summed E-state index contributed by atoms with van der Waals surface area (Å²) in [7, 11) is 1.49. The Morgan fingerprint density at radius 3 is 2.48 bits per heavy atom. The van der Waals surface area contributed by atoms with E-state index in [0.29, 0.717) is 22.5 Å². The fourth-order valence-electron chi connectivity index (χ4n) is 2.65. The van der Waals surface area contributed by atoms with Crippen molar-refractivity contribution in [2.45, 2.75) is 20.8 Å². The molecule has 128 valence electrons. The smallest absolute Gasteiger partial charge is 0.351 e. The SMILES string of the molecule is COc1cccc2cc(C(=O)Oc3c(C)ccc(C)c3C)c(=O)oc12. The maximum atomic E-state index is 12.5. The van der Waals surface area contributed by atoms with Crippen molar-refractivity contribution in [3.8, 4) is 11.5 Å². The van der Waals surface area contributed by atoms with Crippen LogP contribution in [-0.2, 0) is 0 Å². The van der Waals surface area contributed by atoms with Crippen LogP contribution in [0.2, 0.25) is 0 Å². The lowest BCUT2D eigenvalue weighted by Gasteiger charge is -2.12. The Labute approximate surface area is 144 Å². The van der Waals surface area contributed by atoms with Crippen molar-refractivity contribution in [1.29, 1.82) is 0 Å². The molecule has 0 saturated heterocycles. The van der Waals surface area contributed by atoms with Gasteiger partial charge in [0.15, 0.2) is 11.3 Å². The quantitative estimate of drug-likeness (QED) is 0.411. The lowest BCUT2D eigenvalue weighted by Crippen LogP contribution is -2.19. The van der Waals surface area contributed by atoms with Crippen molar-refractivity contribution >= 4 is 16.9 Å². The van der Waals surface area contributed by atoms with Gasteiger partial charge in [-0.2, -0.15) is 0 Å². The number of benzene rings is 2. The molecule has 3 aromatic rings. The largest absolute Gasteiger partial charge is 0.493 e. The van der Waals surface area contributed by atoms with E-state index in [4.69, 9.17) is 13.9 Å². The highest BCUT2D eigenvalue weighted by molar-refractivity contribution is 5.95. The zero-order valence-corrected chi connectivity index (χ0v) is 14.5. The van der Waals surface area contributed by atoms with Crippen LogP contribution in [0.15, 0.2) is 45.6 Å². The number of carbonyl (C=O) groups excluding carboxylic acids is 1. The monoisotopic (exact) mass is 338 g/mol. The van der Waals surface area contributed by atoms with Crippen molar-refractivity contribution in [3.05, 3.63) is 69.1 Å². The Kier molecular flexibility index (Phi) is 4.31. The zero-order valence-electron chi connectivity index (χ0n) is 14.5. The normalized spacial score (nSPS) is 10.7. The Hall–Kier alpha value is -3.08. The molecule has 5 heteroatoms. The Balaban J connectivity index is 2.05. The molecule has 0 aliphatic carbocycles. The summed E-state index contributed by atoms with van der Waals surface area (Å²) in [5.41, 5.74) is 2.08. The Morgan fingerprint density at radius 2 is 1.76 bits per heavy atom. The minimum atomic E-state index is -0.759. The van der Waals surface area contributed by atoms with E-state index in [1.165, 1.54) is 13.2 Å². The number of ether oxygens (including phenoxy) is 2. The van der Waals surface area contributed by atoms with E-state index in [1.807, 2.05) is 32.9 Å². The minimum Gasteiger partial charge on any atom is -0.493 e. The minimum absolute atomic E-state index is 0.152. The van der Waals surface area contributed by atoms with E-state index in [2.05, 4.69) is 0 Å². The predicted octanol–water partition coefficient (Wildman–Crippen LogP) is 3.95. The molecule has 25 heavy (non-hydrogen) atoms. The first-order chi connectivity index (χ1) is 11.9. The maximum absolute atomic E-state index is 12.5. The number of fused-ring (bicyclic) bond motifs is 1. The molecule has 0 aliphatic heterocycles. The van der Waals surface area contributed by atoms with E-state index >= 15 is 0 Å². The molecular formula is C20H18O5. The van der Waals surface area contributed by atoms with E-state index in [-0.39, 0.29) is 5.56 Å². The molecule has 0 fully saturated rings. The third-order valence-electron chi connectivity index (χ3n) is 4.23. The van der Waals surface area contributed by atoms with Crippen LogP contribution in [0, 0.1) is 20.8 Å². The third kappa shape index (κ3) is 3.01. The summed E-state index contributed by atoms with van der Waals surface area (Å²) in [4.78, 5) is 24.8. The number of esters is 1. The molecule has 0 atom stereocenters. The second-order valence-corrected chi connectivity index (χ2v) is 5.87. The fraction of sp³-hybridized carbons (Fsp3) is 0.200. The van der Waals surface area contributed by atoms with Crippen molar-refractivity contribution in [2.24, 2.45) is 0 Å². The van der Waals surface area contributed by atoms with Gasteiger partial charge in [-0.1, -0.05) is 24.3 Å². The van der Waals surface area contributed by atoms with Gasteiger partial charge in [-0.15, -0.1) is 0 Å². The second-order valence-electron chi connectivity index (χ2n) is 5.87. The fourth-order valence-corrected chi connectivity index (χ4v) is 2.65. The van der Waals surface area contributed by atoms with E-state index in [1.54, 1.807) is 18.2 Å². The highest BCUT2D eigenvalue weighted by atomic mass is 16.5. The van der Waals surface area contributed by atoms with Gasteiger partial charge in [-0.25, -0.2) is 9.59 Å². The van der Waals surface area contributed by atoms with Gasteiger partial charge in [0, 0.05) is 5.39 Å². The number of hydrogen-bond acceptors (Lipinski definition) is 5. The summed E-state index contributed by atoms with van der Waals surface area (Å²) in [6.07, 6.45) is 0. The van der Waals surface area contributed by atoms with Gasteiger partial charge < -0.3 is 13.9 Å². The number of aryl methyl sites for hydroxylation is 2. The summed E-state index contributed by atoms with van der Waals surface area (Å²) >= 11 is 0. The molecule has 0 aliphatic rings. The first-order valence-corrected chi connectivity index (χ1v) is 7.82. The Morgan fingerprint density at radius 1 is 1.04 bits per heavy atom. The summed E-state index contributed by atoms with van der Waals surface area (Å²) in [6, 6.07) is 10.5. The van der Waals surface area contributed by atoms with E-state index in [9.17, 15) is 9.59 Å². The molecule has 3 rings (SSSR count). The molecule has 2 aromatic carbocycles. The van der Waals surface area contributed by atoms with Crippen molar-refractivity contribution in [2.75, 3.05) is 7.11 Å². The number of para-hydroxylation sites is 1. The van der Waals surface area contributed by atoms with Crippen LogP contribution in [0.25, 0.3) is 11.0 Å². The van der Waals surface area contributed by atoms with Crippen molar-refractivity contribution in [3.63, 3.8) is 0 Å². The van der Waals surface area contributed by atoms with Gasteiger partial charge in [0.25, 0.3) is 0 Å².